The summed E-state index contributed by atoms with van der Waals surface area (Å²) in [5.74, 6) is 0.222. The smallest absolute Gasteiger partial charge is 0.265 e. The molecule has 0 spiro atoms. The van der Waals surface area contributed by atoms with E-state index in [9.17, 15) is 14.4 Å². The van der Waals surface area contributed by atoms with Gasteiger partial charge in [0.1, 0.15) is 17.5 Å². The fourth-order valence-corrected chi connectivity index (χ4v) is 4.10. The molecule has 1 heterocycles. The molecule has 2 amide bonds. The van der Waals surface area contributed by atoms with Gasteiger partial charge in [0.15, 0.2) is 19.0 Å². The van der Waals surface area contributed by atoms with E-state index in [2.05, 4.69) is 12.2 Å². The second kappa shape index (κ2) is 11.5. The normalized spacial score (nSPS) is 13.4. The van der Waals surface area contributed by atoms with Gasteiger partial charge in [0, 0.05) is 12.1 Å². The molecule has 0 fully saturated rings. The van der Waals surface area contributed by atoms with E-state index in [1.807, 2.05) is 54.6 Å². The van der Waals surface area contributed by atoms with Crippen molar-refractivity contribution in [3.8, 4) is 11.5 Å². The Balaban J connectivity index is 1.44. The van der Waals surface area contributed by atoms with Crippen LogP contribution in [0.4, 0.5) is 5.69 Å². The first-order chi connectivity index (χ1) is 17.5. The molecule has 0 saturated heterocycles. The minimum atomic E-state index is -0.769. The highest BCUT2D eigenvalue weighted by Gasteiger charge is 2.33. The minimum Gasteiger partial charge on any atom is -0.485 e. The largest absolute Gasteiger partial charge is 0.485 e. The zero-order valence-corrected chi connectivity index (χ0v) is 20.5. The van der Waals surface area contributed by atoms with E-state index in [4.69, 9.17) is 9.47 Å². The SMILES string of the molecule is CCc1cccc(OCC(=O)c2ccc3c(c2)N([C@@H](C)C(=O)NCCc2ccccc2)C(=O)CO3)c1. The maximum Gasteiger partial charge on any atom is 0.265 e. The van der Waals surface area contributed by atoms with Crippen molar-refractivity contribution >= 4 is 23.3 Å². The second-order valence-electron chi connectivity index (χ2n) is 8.65. The van der Waals surface area contributed by atoms with Crippen LogP contribution in [0.2, 0.25) is 0 Å². The van der Waals surface area contributed by atoms with Crippen molar-refractivity contribution in [2.75, 3.05) is 24.7 Å². The topological polar surface area (TPSA) is 84.9 Å². The van der Waals surface area contributed by atoms with E-state index in [1.54, 1.807) is 25.1 Å². The monoisotopic (exact) mass is 486 g/mol. The molecule has 1 aliphatic rings. The van der Waals surface area contributed by atoms with Gasteiger partial charge in [0.05, 0.1) is 5.69 Å². The van der Waals surface area contributed by atoms with Crippen LogP contribution in [0.15, 0.2) is 72.8 Å². The molecule has 1 atom stereocenters. The molecule has 0 unspecified atom stereocenters. The Morgan fingerprint density at radius 2 is 1.81 bits per heavy atom. The van der Waals surface area contributed by atoms with Gasteiger partial charge in [0.2, 0.25) is 5.91 Å². The van der Waals surface area contributed by atoms with E-state index in [-0.39, 0.29) is 30.8 Å². The van der Waals surface area contributed by atoms with Gasteiger partial charge in [-0.1, -0.05) is 49.4 Å². The molecule has 0 saturated carbocycles. The molecule has 0 bridgehead atoms. The summed E-state index contributed by atoms with van der Waals surface area (Å²) in [6.45, 7) is 3.86. The van der Waals surface area contributed by atoms with Gasteiger partial charge < -0.3 is 14.8 Å². The lowest BCUT2D eigenvalue weighted by atomic mass is 10.1. The summed E-state index contributed by atoms with van der Waals surface area (Å²) in [6.07, 6.45) is 1.56. The number of nitrogens with one attached hydrogen (secondary N) is 1. The number of hydrogen-bond donors (Lipinski definition) is 1. The van der Waals surface area contributed by atoms with Crippen molar-refractivity contribution in [3.63, 3.8) is 0 Å². The van der Waals surface area contributed by atoms with Crippen LogP contribution in [-0.2, 0) is 22.4 Å². The van der Waals surface area contributed by atoms with Crippen LogP contribution in [0.25, 0.3) is 0 Å². The first-order valence-corrected chi connectivity index (χ1v) is 12.1. The van der Waals surface area contributed by atoms with Gasteiger partial charge >= 0.3 is 0 Å². The molecule has 3 aromatic rings. The third-order valence-corrected chi connectivity index (χ3v) is 6.16. The predicted molar refractivity (Wildman–Crippen MR) is 138 cm³/mol. The Bertz CT molecular complexity index is 1240. The Hall–Kier alpha value is -4.13. The van der Waals surface area contributed by atoms with Gasteiger partial charge in [-0.15, -0.1) is 0 Å². The van der Waals surface area contributed by atoms with Crippen LogP contribution in [0, 0.1) is 0 Å². The first kappa shape index (κ1) is 25.0. The predicted octanol–water partition coefficient (Wildman–Crippen LogP) is 3.98. The third-order valence-electron chi connectivity index (χ3n) is 6.16. The molecule has 0 radical (unpaired) electrons. The molecule has 186 valence electrons. The average Bonchev–Trinajstić information content (AvgIpc) is 2.91. The molecule has 4 rings (SSSR count). The summed E-state index contributed by atoms with van der Waals surface area (Å²) >= 11 is 0. The van der Waals surface area contributed by atoms with E-state index >= 15 is 0 Å². The molecular weight excluding hydrogens is 456 g/mol. The van der Waals surface area contributed by atoms with Crippen LogP contribution >= 0.6 is 0 Å². The van der Waals surface area contributed by atoms with Crippen molar-refractivity contribution in [2.24, 2.45) is 0 Å². The van der Waals surface area contributed by atoms with Gasteiger partial charge in [-0.05, 0) is 61.2 Å². The van der Waals surface area contributed by atoms with Crippen molar-refractivity contribution < 1.29 is 23.9 Å². The van der Waals surface area contributed by atoms with Crippen LogP contribution in [0.3, 0.4) is 0 Å². The van der Waals surface area contributed by atoms with Gasteiger partial charge in [0.25, 0.3) is 5.91 Å². The number of aryl methyl sites for hydroxylation is 1. The number of fused-ring (bicyclic) bond motifs is 1. The van der Waals surface area contributed by atoms with Crippen LogP contribution < -0.4 is 19.7 Å². The van der Waals surface area contributed by atoms with Gasteiger partial charge in [-0.2, -0.15) is 0 Å². The Morgan fingerprint density at radius 3 is 2.58 bits per heavy atom. The number of Topliss-reactive ketones (excluding diaryl/α,β-unsaturated/α-hetero) is 1. The number of carbonyl (C=O) groups is 3. The van der Waals surface area contributed by atoms with Crippen molar-refractivity contribution in [1.29, 1.82) is 0 Å². The molecular formula is C29H30N2O5. The van der Waals surface area contributed by atoms with Crippen molar-refractivity contribution in [2.45, 2.75) is 32.7 Å². The fourth-order valence-electron chi connectivity index (χ4n) is 4.10. The van der Waals surface area contributed by atoms with Crippen molar-refractivity contribution in [3.05, 3.63) is 89.5 Å². The summed E-state index contributed by atoms with van der Waals surface area (Å²) in [7, 11) is 0. The number of anilines is 1. The molecule has 1 N–H and O–H groups in total. The van der Waals surface area contributed by atoms with Crippen LogP contribution in [-0.4, -0.2) is 43.4 Å². The molecule has 0 aromatic heterocycles. The Morgan fingerprint density at radius 1 is 1.03 bits per heavy atom. The number of benzene rings is 3. The van der Waals surface area contributed by atoms with E-state index in [0.717, 1.165) is 17.5 Å². The summed E-state index contributed by atoms with van der Waals surface area (Å²) < 4.78 is 11.3. The number of carbonyl (C=O) groups excluding carboxylic acids is 3. The molecule has 36 heavy (non-hydrogen) atoms. The molecule has 7 nitrogen and oxygen atoms in total. The standard InChI is InChI=1S/C29H30N2O5/c1-3-21-10-7-11-24(16-21)35-18-26(32)23-12-13-27-25(17-23)31(28(33)19-36-27)20(2)29(34)30-15-14-22-8-5-4-6-9-22/h4-13,16-17,20H,3,14-15,18-19H2,1-2H3,(H,30,34)/t20-/m0/s1. The number of hydrogen-bond acceptors (Lipinski definition) is 5. The zero-order valence-electron chi connectivity index (χ0n) is 20.5. The maximum absolute atomic E-state index is 12.9. The molecule has 0 aliphatic carbocycles. The average molecular weight is 487 g/mol. The molecule has 1 aliphatic heterocycles. The van der Waals surface area contributed by atoms with Crippen molar-refractivity contribution in [1.82, 2.24) is 5.32 Å². The number of ketones is 1. The number of nitrogens with zero attached hydrogens (tertiary/aromatic N) is 1. The van der Waals surface area contributed by atoms with Crippen LogP contribution in [0.1, 0.15) is 35.3 Å². The quantitative estimate of drug-likeness (QED) is 0.438. The highest BCUT2D eigenvalue weighted by atomic mass is 16.5. The number of amides is 2. The Kier molecular flexibility index (Phi) is 8.00. The van der Waals surface area contributed by atoms with Gasteiger partial charge in [-0.3, -0.25) is 19.3 Å². The summed E-state index contributed by atoms with van der Waals surface area (Å²) in [5.41, 5.74) is 3.01. The first-order valence-electron chi connectivity index (χ1n) is 12.1. The summed E-state index contributed by atoms with van der Waals surface area (Å²) in [6, 6.07) is 21.6. The number of ether oxygens (including phenoxy) is 2. The van der Waals surface area contributed by atoms with Gasteiger partial charge in [-0.25, -0.2) is 0 Å². The second-order valence-corrected chi connectivity index (χ2v) is 8.65. The van der Waals surface area contributed by atoms with E-state index in [0.29, 0.717) is 35.7 Å². The number of rotatable bonds is 10. The molecule has 3 aromatic carbocycles. The lowest BCUT2D eigenvalue weighted by Crippen LogP contribution is -2.51. The summed E-state index contributed by atoms with van der Waals surface area (Å²) in [5, 5.41) is 2.90. The Labute approximate surface area is 211 Å². The third kappa shape index (κ3) is 5.92. The van der Waals surface area contributed by atoms with Crippen LogP contribution in [0.5, 0.6) is 11.5 Å². The molecule has 7 heteroatoms. The summed E-state index contributed by atoms with van der Waals surface area (Å²) in [4.78, 5) is 39.9. The zero-order chi connectivity index (χ0) is 25.5. The van der Waals surface area contributed by atoms with E-state index in [1.165, 1.54) is 4.90 Å². The minimum absolute atomic E-state index is 0.143. The fraction of sp³-hybridized carbons (Fsp3) is 0.276. The lowest BCUT2D eigenvalue weighted by Gasteiger charge is -2.33. The lowest BCUT2D eigenvalue weighted by molar-refractivity contribution is -0.127. The maximum atomic E-state index is 12.9. The highest BCUT2D eigenvalue weighted by molar-refractivity contribution is 6.05. The van der Waals surface area contributed by atoms with E-state index < -0.39 is 6.04 Å². The highest BCUT2D eigenvalue weighted by Crippen LogP contribution is 2.34.